The molecule has 0 aliphatic carbocycles. The van der Waals surface area contributed by atoms with Crippen molar-refractivity contribution in [1.82, 2.24) is 4.90 Å². The van der Waals surface area contributed by atoms with E-state index in [9.17, 15) is 14.4 Å². The largest absolute Gasteiger partial charge is 0.497 e. The molecule has 2 heterocycles. The van der Waals surface area contributed by atoms with Crippen LogP contribution >= 0.6 is 11.6 Å². The standard InChI is InChI=1S/C29H26ClN3O5/c1-17-8-9-19(27(34)32-13-12-18-6-4-5-7-20(18)16-32)14-22(17)31-26-25(30)28(35)33(29(26)36)23-11-10-21(37-2)15-24(23)38-3/h4-11,14-15,31H,12-13,16H2,1-3H3. The molecular formula is C29H26ClN3O5. The summed E-state index contributed by atoms with van der Waals surface area (Å²) in [6, 6.07) is 18.1. The van der Waals surface area contributed by atoms with Crippen LogP contribution in [0.4, 0.5) is 11.4 Å². The molecule has 2 aliphatic rings. The summed E-state index contributed by atoms with van der Waals surface area (Å²) >= 11 is 6.36. The van der Waals surface area contributed by atoms with Gasteiger partial charge in [0.15, 0.2) is 0 Å². The normalized spacial score (nSPS) is 15.1. The summed E-state index contributed by atoms with van der Waals surface area (Å²) in [6.45, 7) is 3.00. The second-order valence-electron chi connectivity index (χ2n) is 9.07. The molecule has 38 heavy (non-hydrogen) atoms. The number of imide groups is 1. The summed E-state index contributed by atoms with van der Waals surface area (Å²) in [5.41, 5.74) is 4.32. The zero-order valence-electron chi connectivity index (χ0n) is 21.2. The molecule has 9 heteroatoms. The highest BCUT2D eigenvalue weighted by Gasteiger charge is 2.40. The van der Waals surface area contributed by atoms with E-state index in [1.54, 1.807) is 36.4 Å². The zero-order valence-corrected chi connectivity index (χ0v) is 22.0. The topological polar surface area (TPSA) is 88.2 Å². The van der Waals surface area contributed by atoms with Crippen molar-refractivity contribution in [2.45, 2.75) is 19.9 Å². The maximum Gasteiger partial charge on any atom is 0.283 e. The van der Waals surface area contributed by atoms with Gasteiger partial charge in [0.05, 0.1) is 19.9 Å². The van der Waals surface area contributed by atoms with Crippen molar-refractivity contribution in [1.29, 1.82) is 0 Å². The highest BCUT2D eigenvalue weighted by Crippen LogP contribution is 2.38. The Morgan fingerprint density at radius 2 is 1.71 bits per heavy atom. The van der Waals surface area contributed by atoms with E-state index < -0.39 is 11.8 Å². The number of anilines is 2. The third-order valence-electron chi connectivity index (χ3n) is 6.82. The molecule has 0 spiro atoms. The minimum absolute atomic E-state index is 0.0749. The van der Waals surface area contributed by atoms with E-state index >= 15 is 0 Å². The first-order valence-corrected chi connectivity index (χ1v) is 12.4. The average Bonchev–Trinajstić information content (AvgIpc) is 3.15. The molecule has 0 unspecified atom stereocenters. The van der Waals surface area contributed by atoms with Gasteiger partial charge in [0.25, 0.3) is 17.7 Å². The van der Waals surface area contributed by atoms with Gasteiger partial charge in [-0.15, -0.1) is 0 Å². The summed E-state index contributed by atoms with van der Waals surface area (Å²) in [6.07, 6.45) is 0.794. The van der Waals surface area contributed by atoms with Gasteiger partial charge in [0.1, 0.15) is 22.2 Å². The van der Waals surface area contributed by atoms with Crippen LogP contribution in [0.5, 0.6) is 11.5 Å². The number of aryl methyl sites for hydroxylation is 1. The fourth-order valence-electron chi connectivity index (χ4n) is 4.68. The molecule has 0 saturated heterocycles. The lowest BCUT2D eigenvalue weighted by Crippen LogP contribution is -2.36. The molecule has 0 radical (unpaired) electrons. The molecule has 0 bridgehead atoms. The minimum Gasteiger partial charge on any atom is -0.497 e. The number of methoxy groups -OCH3 is 2. The Labute approximate surface area is 225 Å². The van der Waals surface area contributed by atoms with Gasteiger partial charge in [-0.3, -0.25) is 14.4 Å². The molecule has 2 aliphatic heterocycles. The zero-order chi connectivity index (χ0) is 27.0. The third-order valence-corrected chi connectivity index (χ3v) is 7.17. The number of amides is 3. The Kier molecular flexibility index (Phi) is 6.82. The number of carbonyl (C=O) groups excluding carboxylic acids is 3. The quantitative estimate of drug-likeness (QED) is 0.466. The molecule has 194 valence electrons. The van der Waals surface area contributed by atoms with Crippen LogP contribution in [0, 0.1) is 6.92 Å². The van der Waals surface area contributed by atoms with E-state index in [4.69, 9.17) is 21.1 Å². The molecule has 1 N–H and O–H groups in total. The number of hydrogen-bond acceptors (Lipinski definition) is 6. The van der Waals surface area contributed by atoms with Crippen LogP contribution in [-0.4, -0.2) is 43.4 Å². The van der Waals surface area contributed by atoms with Crippen molar-refractivity contribution in [3.63, 3.8) is 0 Å². The molecule has 0 saturated carbocycles. The van der Waals surface area contributed by atoms with Gasteiger partial charge < -0.3 is 19.7 Å². The molecule has 8 nitrogen and oxygen atoms in total. The van der Waals surface area contributed by atoms with Crippen molar-refractivity contribution < 1.29 is 23.9 Å². The van der Waals surface area contributed by atoms with E-state index in [1.807, 2.05) is 30.0 Å². The molecule has 3 aromatic carbocycles. The summed E-state index contributed by atoms with van der Waals surface area (Å²) in [7, 11) is 2.94. The van der Waals surface area contributed by atoms with Crippen LogP contribution < -0.4 is 19.7 Å². The third kappa shape index (κ3) is 4.48. The summed E-state index contributed by atoms with van der Waals surface area (Å²) < 4.78 is 10.6. The Morgan fingerprint density at radius 1 is 0.947 bits per heavy atom. The number of fused-ring (bicyclic) bond motifs is 1. The fourth-order valence-corrected chi connectivity index (χ4v) is 4.89. The smallest absolute Gasteiger partial charge is 0.283 e. The van der Waals surface area contributed by atoms with E-state index in [-0.39, 0.29) is 28.1 Å². The first kappa shape index (κ1) is 25.4. The molecule has 0 fully saturated rings. The van der Waals surface area contributed by atoms with Crippen molar-refractivity contribution in [2.24, 2.45) is 0 Å². The van der Waals surface area contributed by atoms with E-state index in [2.05, 4.69) is 11.4 Å². The predicted octanol–water partition coefficient (Wildman–Crippen LogP) is 4.65. The Bertz CT molecular complexity index is 1500. The van der Waals surface area contributed by atoms with Crippen LogP contribution in [0.25, 0.3) is 0 Å². The van der Waals surface area contributed by atoms with Crippen molar-refractivity contribution >= 4 is 40.7 Å². The van der Waals surface area contributed by atoms with E-state index in [0.29, 0.717) is 30.1 Å². The van der Waals surface area contributed by atoms with Crippen LogP contribution in [-0.2, 0) is 22.6 Å². The van der Waals surface area contributed by atoms with Gasteiger partial charge >= 0.3 is 0 Å². The molecule has 0 atom stereocenters. The van der Waals surface area contributed by atoms with Crippen LogP contribution in [0.15, 0.2) is 71.4 Å². The first-order chi connectivity index (χ1) is 18.3. The van der Waals surface area contributed by atoms with Crippen LogP contribution in [0.1, 0.15) is 27.0 Å². The Morgan fingerprint density at radius 3 is 2.45 bits per heavy atom. The van der Waals surface area contributed by atoms with Gasteiger partial charge in [-0.05, 0) is 54.3 Å². The number of halogens is 1. The Balaban J connectivity index is 1.40. The lowest BCUT2D eigenvalue weighted by Gasteiger charge is -2.29. The summed E-state index contributed by atoms with van der Waals surface area (Å²) in [5, 5.41) is 2.76. The van der Waals surface area contributed by atoms with Gasteiger partial charge in [0, 0.05) is 30.4 Å². The number of nitrogens with zero attached hydrogens (tertiary/aromatic N) is 2. The van der Waals surface area contributed by atoms with Crippen molar-refractivity contribution in [3.05, 3.63) is 93.6 Å². The second kappa shape index (κ2) is 10.2. The number of benzene rings is 3. The molecule has 0 aromatic heterocycles. The molecule has 5 rings (SSSR count). The van der Waals surface area contributed by atoms with E-state index in [0.717, 1.165) is 22.4 Å². The van der Waals surface area contributed by atoms with Crippen LogP contribution in [0.3, 0.4) is 0 Å². The maximum atomic E-state index is 13.4. The lowest BCUT2D eigenvalue weighted by atomic mass is 9.99. The fraction of sp³-hybridized carbons (Fsp3) is 0.207. The van der Waals surface area contributed by atoms with Gasteiger partial charge in [0.2, 0.25) is 0 Å². The number of hydrogen-bond donors (Lipinski definition) is 1. The number of carbonyl (C=O) groups is 3. The predicted molar refractivity (Wildman–Crippen MR) is 145 cm³/mol. The summed E-state index contributed by atoms with van der Waals surface area (Å²) in [4.78, 5) is 42.5. The van der Waals surface area contributed by atoms with Gasteiger partial charge in [-0.25, -0.2) is 4.90 Å². The van der Waals surface area contributed by atoms with Crippen molar-refractivity contribution in [3.8, 4) is 11.5 Å². The Hall–Kier alpha value is -4.30. The summed E-state index contributed by atoms with van der Waals surface area (Å²) in [5.74, 6) is -0.632. The van der Waals surface area contributed by atoms with E-state index in [1.165, 1.54) is 19.8 Å². The first-order valence-electron chi connectivity index (χ1n) is 12.1. The van der Waals surface area contributed by atoms with Gasteiger partial charge in [-0.2, -0.15) is 0 Å². The minimum atomic E-state index is -0.681. The van der Waals surface area contributed by atoms with Crippen LogP contribution in [0.2, 0.25) is 0 Å². The highest BCUT2D eigenvalue weighted by atomic mass is 35.5. The number of ether oxygens (including phenoxy) is 2. The maximum absolute atomic E-state index is 13.4. The van der Waals surface area contributed by atoms with Crippen molar-refractivity contribution in [2.75, 3.05) is 31.0 Å². The second-order valence-corrected chi connectivity index (χ2v) is 9.45. The molecular weight excluding hydrogens is 506 g/mol. The number of rotatable bonds is 6. The van der Waals surface area contributed by atoms with Gasteiger partial charge in [-0.1, -0.05) is 41.9 Å². The highest BCUT2D eigenvalue weighted by molar-refractivity contribution is 6.53. The molecule has 3 aromatic rings. The molecule has 3 amide bonds. The SMILES string of the molecule is COc1ccc(N2C(=O)C(Cl)=C(Nc3cc(C(=O)N4CCc5ccccc5C4)ccc3C)C2=O)c(OC)c1. The lowest BCUT2D eigenvalue weighted by molar-refractivity contribution is -0.120. The monoisotopic (exact) mass is 531 g/mol. The average molecular weight is 532 g/mol. The number of nitrogens with one attached hydrogen (secondary N) is 1.